The van der Waals surface area contributed by atoms with Crippen LogP contribution in [-0.2, 0) is 0 Å². The average Bonchev–Trinajstić information content (AvgIpc) is 3.10. The van der Waals surface area contributed by atoms with Crippen LogP contribution in [0.5, 0.6) is 0 Å². The van der Waals surface area contributed by atoms with Gasteiger partial charge in [0.25, 0.3) is 11.8 Å². The summed E-state index contributed by atoms with van der Waals surface area (Å²) in [5.74, 6) is 0.0326. The summed E-state index contributed by atoms with van der Waals surface area (Å²) in [7, 11) is 0. The van der Waals surface area contributed by atoms with Crippen LogP contribution in [0.4, 0.5) is 5.69 Å². The third-order valence-electron chi connectivity index (χ3n) is 5.03. The molecule has 130 valence electrons. The smallest absolute Gasteiger partial charge is 0.265 e. The van der Waals surface area contributed by atoms with Gasteiger partial charge in [0.2, 0.25) is 0 Å². The van der Waals surface area contributed by atoms with Crippen molar-refractivity contribution < 1.29 is 9.59 Å². The van der Waals surface area contributed by atoms with Gasteiger partial charge in [-0.15, -0.1) is 11.3 Å². The van der Waals surface area contributed by atoms with E-state index >= 15 is 0 Å². The Labute approximate surface area is 151 Å². The first-order valence-corrected chi connectivity index (χ1v) is 9.88. The van der Waals surface area contributed by atoms with Gasteiger partial charge in [-0.2, -0.15) is 0 Å². The molecule has 0 bridgehead atoms. The predicted molar refractivity (Wildman–Crippen MR) is 100 cm³/mol. The molecule has 2 aromatic rings. The molecule has 0 radical (unpaired) electrons. The van der Waals surface area contributed by atoms with Gasteiger partial charge < -0.3 is 10.2 Å². The Morgan fingerprint density at radius 3 is 2.24 bits per heavy atom. The van der Waals surface area contributed by atoms with Crippen LogP contribution in [0.15, 0.2) is 41.8 Å². The highest BCUT2D eigenvalue weighted by Gasteiger charge is 2.38. The molecule has 1 N–H and O–H groups in total. The molecule has 4 nitrogen and oxygen atoms in total. The van der Waals surface area contributed by atoms with E-state index < -0.39 is 0 Å². The summed E-state index contributed by atoms with van der Waals surface area (Å²) in [4.78, 5) is 27.9. The fourth-order valence-corrected chi connectivity index (χ4v) is 4.23. The van der Waals surface area contributed by atoms with Gasteiger partial charge in [-0.3, -0.25) is 9.59 Å². The fraction of sp³-hybridized carbons (Fsp3) is 0.400. The van der Waals surface area contributed by atoms with Crippen LogP contribution < -0.4 is 5.32 Å². The zero-order chi connectivity index (χ0) is 17.2. The monoisotopic (exact) mass is 354 g/mol. The van der Waals surface area contributed by atoms with Crippen LogP contribution >= 0.6 is 11.3 Å². The normalized spacial score (nSPS) is 17.4. The number of carbonyl (C=O) groups excluding carboxylic acids is 2. The van der Waals surface area contributed by atoms with Gasteiger partial charge in [0.15, 0.2) is 0 Å². The highest BCUT2D eigenvalue weighted by atomic mass is 32.1. The zero-order valence-corrected chi connectivity index (χ0v) is 14.9. The quantitative estimate of drug-likeness (QED) is 0.856. The van der Waals surface area contributed by atoms with E-state index in [-0.39, 0.29) is 11.8 Å². The summed E-state index contributed by atoms with van der Waals surface area (Å²) in [5, 5.41) is 4.76. The second-order valence-corrected chi connectivity index (χ2v) is 7.84. The lowest BCUT2D eigenvalue weighted by molar-refractivity contribution is 0.0664. The molecule has 0 saturated heterocycles. The van der Waals surface area contributed by atoms with E-state index in [1.54, 1.807) is 6.07 Å². The van der Waals surface area contributed by atoms with Crippen molar-refractivity contribution in [1.29, 1.82) is 0 Å². The standard InChI is InChI=1S/C20H22N2O2S/c23-19(18-6-3-13-25-18)21-15-9-7-14(8-10-15)20(24)22(17-11-12-17)16-4-1-2-5-16/h3,6-10,13,16-17H,1-2,4-5,11-12H2,(H,21,23). The van der Waals surface area contributed by atoms with E-state index in [1.807, 2.05) is 35.7 Å². The number of thiophene rings is 1. The maximum atomic E-state index is 13.0. The largest absolute Gasteiger partial charge is 0.333 e. The van der Waals surface area contributed by atoms with E-state index in [4.69, 9.17) is 0 Å². The Kier molecular flexibility index (Phi) is 4.57. The summed E-state index contributed by atoms with van der Waals surface area (Å²) in [6.45, 7) is 0. The van der Waals surface area contributed by atoms with Crippen molar-refractivity contribution >= 4 is 28.8 Å². The Hall–Kier alpha value is -2.14. The second-order valence-electron chi connectivity index (χ2n) is 6.89. The van der Waals surface area contributed by atoms with Crippen LogP contribution in [-0.4, -0.2) is 28.8 Å². The molecule has 2 saturated carbocycles. The van der Waals surface area contributed by atoms with Gasteiger partial charge in [0.1, 0.15) is 0 Å². The van der Waals surface area contributed by atoms with Gasteiger partial charge in [-0.25, -0.2) is 0 Å². The first-order valence-electron chi connectivity index (χ1n) is 9.00. The molecule has 25 heavy (non-hydrogen) atoms. The van der Waals surface area contributed by atoms with E-state index in [0.717, 1.165) is 25.7 Å². The number of nitrogens with zero attached hydrogens (tertiary/aromatic N) is 1. The maximum absolute atomic E-state index is 13.0. The predicted octanol–water partition coefficient (Wildman–Crippen LogP) is 4.55. The summed E-state index contributed by atoms with van der Waals surface area (Å²) in [6, 6.07) is 11.8. The number of amides is 2. The van der Waals surface area contributed by atoms with E-state index in [9.17, 15) is 9.59 Å². The van der Waals surface area contributed by atoms with Crippen LogP contribution in [0.25, 0.3) is 0 Å². The lowest BCUT2D eigenvalue weighted by Crippen LogP contribution is -2.40. The first kappa shape index (κ1) is 16.3. The van der Waals surface area contributed by atoms with Gasteiger partial charge >= 0.3 is 0 Å². The fourth-order valence-electron chi connectivity index (χ4n) is 3.61. The molecule has 2 aliphatic carbocycles. The molecule has 0 atom stereocenters. The molecule has 0 aliphatic heterocycles. The molecular weight excluding hydrogens is 332 g/mol. The molecule has 0 unspecified atom stereocenters. The average molecular weight is 354 g/mol. The molecule has 1 heterocycles. The van der Waals surface area contributed by atoms with E-state index in [2.05, 4.69) is 10.2 Å². The van der Waals surface area contributed by atoms with Crippen molar-refractivity contribution in [2.45, 2.75) is 50.6 Å². The van der Waals surface area contributed by atoms with Gasteiger partial charge in [-0.05, 0) is 61.4 Å². The molecule has 0 spiro atoms. The molecule has 2 amide bonds. The minimum absolute atomic E-state index is 0.111. The molecule has 4 rings (SSSR count). The number of anilines is 1. The van der Waals surface area contributed by atoms with Gasteiger partial charge in [-0.1, -0.05) is 18.9 Å². The van der Waals surface area contributed by atoms with Crippen molar-refractivity contribution in [3.8, 4) is 0 Å². The van der Waals surface area contributed by atoms with Gasteiger partial charge in [0, 0.05) is 23.3 Å². The van der Waals surface area contributed by atoms with Crippen LogP contribution in [0.2, 0.25) is 0 Å². The lowest BCUT2D eigenvalue weighted by atomic mass is 10.1. The number of benzene rings is 1. The number of carbonyl (C=O) groups is 2. The summed E-state index contributed by atoms with van der Waals surface area (Å²) in [6.07, 6.45) is 7.01. The number of rotatable bonds is 5. The summed E-state index contributed by atoms with van der Waals surface area (Å²) < 4.78 is 0. The van der Waals surface area contributed by atoms with Crippen molar-refractivity contribution in [2.24, 2.45) is 0 Å². The number of hydrogen-bond donors (Lipinski definition) is 1. The van der Waals surface area contributed by atoms with Crippen molar-refractivity contribution in [1.82, 2.24) is 4.90 Å². The Morgan fingerprint density at radius 1 is 0.960 bits per heavy atom. The zero-order valence-electron chi connectivity index (χ0n) is 14.1. The Bertz CT molecular complexity index is 745. The molecular formula is C20H22N2O2S. The topological polar surface area (TPSA) is 49.4 Å². The van der Waals surface area contributed by atoms with Crippen LogP contribution in [0, 0.1) is 0 Å². The summed E-state index contributed by atoms with van der Waals surface area (Å²) in [5.41, 5.74) is 1.43. The van der Waals surface area contributed by atoms with Crippen LogP contribution in [0.3, 0.4) is 0 Å². The lowest BCUT2D eigenvalue weighted by Gasteiger charge is -2.29. The molecule has 1 aromatic heterocycles. The molecule has 2 aliphatic rings. The molecule has 2 fully saturated rings. The Morgan fingerprint density at radius 2 is 1.64 bits per heavy atom. The minimum Gasteiger partial charge on any atom is -0.333 e. The van der Waals surface area contributed by atoms with Crippen molar-refractivity contribution in [3.05, 3.63) is 52.2 Å². The Balaban J connectivity index is 1.45. The number of nitrogens with one attached hydrogen (secondary N) is 1. The van der Waals surface area contributed by atoms with E-state index in [0.29, 0.717) is 28.2 Å². The second kappa shape index (κ2) is 7.00. The van der Waals surface area contributed by atoms with Crippen molar-refractivity contribution in [3.63, 3.8) is 0 Å². The highest BCUT2D eigenvalue weighted by Crippen LogP contribution is 2.35. The summed E-state index contributed by atoms with van der Waals surface area (Å²) >= 11 is 1.41. The van der Waals surface area contributed by atoms with Crippen molar-refractivity contribution in [2.75, 3.05) is 5.32 Å². The minimum atomic E-state index is -0.111. The third kappa shape index (κ3) is 3.61. The SMILES string of the molecule is O=C(Nc1ccc(C(=O)N(C2CCCC2)C2CC2)cc1)c1cccs1. The number of hydrogen-bond acceptors (Lipinski definition) is 3. The maximum Gasteiger partial charge on any atom is 0.265 e. The molecule has 1 aromatic carbocycles. The van der Waals surface area contributed by atoms with Crippen LogP contribution in [0.1, 0.15) is 58.6 Å². The first-order chi connectivity index (χ1) is 12.2. The highest BCUT2D eigenvalue weighted by molar-refractivity contribution is 7.12. The van der Waals surface area contributed by atoms with Gasteiger partial charge in [0.05, 0.1) is 4.88 Å². The van der Waals surface area contributed by atoms with E-state index in [1.165, 1.54) is 24.2 Å². The molecule has 5 heteroatoms. The third-order valence-corrected chi connectivity index (χ3v) is 5.90.